The highest BCUT2D eigenvalue weighted by Gasteiger charge is 2.45. The number of H-pyrrole nitrogens is 1. The summed E-state index contributed by atoms with van der Waals surface area (Å²) in [5.41, 5.74) is 2.08. The third-order valence-corrected chi connectivity index (χ3v) is 6.00. The highest BCUT2D eigenvalue weighted by molar-refractivity contribution is 7.99. The second-order valence-electron chi connectivity index (χ2n) is 7.05. The van der Waals surface area contributed by atoms with Crippen molar-refractivity contribution in [2.45, 2.75) is 18.2 Å². The molecule has 8 nitrogen and oxygen atoms in total. The minimum absolute atomic E-state index is 0.183. The van der Waals surface area contributed by atoms with Crippen LogP contribution in [0.3, 0.4) is 0 Å². The molecule has 3 aromatic rings. The Hall–Kier alpha value is -3.59. The Kier molecular flexibility index (Phi) is 6.00. The summed E-state index contributed by atoms with van der Waals surface area (Å²) in [6.07, 6.45) is 1.04. The summed E-state index contributed by atoms with van der Waals surface area (Å²) in [4.78, 5) is 30.6. The first-order valence-corrected chi connectivity index (χ1v) is 10.9. The molecule has 1 aliphatic rings. The van der Waals surface area contributed by atoms with Gasteiger partial charge in [0.15, 0.2) is 11.5 Å². The largest absolute Gasteiger partial charge is 0.493 e. The van der Waals surface area contributed by atoms with Crippen molar-refractivity contribution >= 4 is 23.4 Å². The van der Waals surface area contributed by atoms with Crippen molar-refractivity contribution < 1.29 is 19.0 Å². The third-order valence-electron chi connectivity index (χ3n) is 5.14. The highest BCUT2D eigenvalue weighted by Crippen LogP contribution is 2.39. The molecule has 2 heterocycles. The molecule has 0 unspecified atom stereocenters. The zero-order valence-electron chi connectivity index (χ0n) is 18.0. The predicted octanol–water partition coefficient (Wildman–Crippen LogP) is 2.93. The van der Waals surface area contributed by atoms with Gasteiger partial charge in [-0.25, -0.2) is 4.90 Å². The lowest BCUT2D eigenvalue weighted by Gasteiger charge is -2.31. The van der Waals surface area contributed by atoms with Gasteiger partial charge < -0.3 is 9.47 Å². The predicted molar refractivity (Wildman–Crippen MR) is 122 cm³/mol. The molecule has 0 aliphatic carbocycles. The average molecular weight is 452 g/mol. The molecule has 0 spiro atoms. The molecule has 0 bridgehead atoms. The summed E-state index contributed by atoms with van der Waals surface area (Å²) in [5, 5.41) is 5.15. The Morgan fingerprint density at radius 3 is 2.69 bits per heavy atom. The summed E-state index contributed by atoms with van der Waals surface area (Å²) in [6.45, 7) is 5.22. The minimum Gasteiger partial charge on any atom is -0.493 e. The second-order valence-corrected chi connectivity index (χ2v) is 8.06. The van der Waals surface area contributed by atoms with E-state index in [4.69, 9.17) is 14.6 Å². The Balaban J connectivity index is 2.02. The van der Waals surface area contributed by atoms with Gasteiger partial charge in [0.1, 0.15) is 0 Å². The van der Waals surface area contributed by atoms with Crippen LogP contribution in [0.15, 0.2) is 65.1 Å². The van der Waals surface area contributed by atoms with Crippen LogP contribution in [0.2, 0.25) is 0 Å². The number of para-hydroxylation sites is 1. The summed E-state index contributed by atoms with van der Waals surface area (Å²) in [7, 11) is 3.11. The van der Waals surface area contributed by atoms with Crippen molar-refractivity contribution in [2.24, 2.45) is 0 Å². The monoisotopic (exact) mass is 451 g/mol. The average Bonchev–Trinajstić information content (AvgIpc) is 2.80. The van der Waals surface area contributed by atoms with Gasteiger partial charge in [0.2, 0.25) is 11.1 Å². The lowest BCUT2D eigenvalue weighted by atomic mass is 10.0. The van der Waals surface area contributed by atoms with Crippen LogP contribution in [0, 0.1) is 0 Å². The van der Waals surface area contributed by atoms with E-state index in [9.17, 15) is 9.59 Å². The molecule has 0 saturated heterocycles. The zero-order chi connectivity index (χ0) is 22.8. The number of carbonyl (C=O) groups is 1. The molecular weight excluding hydrogens is 428 g/mol. The van der Waals surface area contributed by atoms with E-state index in [1.54, 1.807) is 42.0 Å². The van der Waals surface area contributed by atoms with Gasteiger partial charge in [-0.05, 0) is 35.0 Å². The van der Waals surface area contributed by atoms with Gasteiger partial charge in [-0.15, -0.1) is 6.58 Å². The second kappa shape index (κ2) is 8.88. The highest BCUT2D eigenvalue weighted by atomic mass is 32.2. The number of ether oxygens (including phenoxy) is 2. The lowest BCUT2D eigenvalue weighted by molar-refractivity contribution is -0.763. The number of nitrogens with zero attached hydrogens (tertiary/aromatic N) is 3. The topological polar surface area (TPSA) is 88.4 Å². The SMILES string of the molecule is C=CCSc1n[n+]2c(c(=O)[nH]1)-c1ccccc1N(C(C)=O)[C@@H]2c1ccc(OC)c(OC)c1. The maximum absolute atomic E-state index is 13.2. The van der Waals surface area contributed by atoms with E-state index in [1.165, 1.54) is 18.7 Å². The Morgan fingerprint density at radius 1 is 1.25 bits per heavy atom. The molecule has 1 aliphatic heterocycles. The van der Waals surface area contributed by atoms with Crippen LogP contribution in [0.1, 0.15) is 18.7 Å². The van der Waals surface area contributed by atoms with E-state index in [0.717, 1.165) is 5.56 Å². The van der Waals surface area contributed by atoms with Gasteiger partial charge in [-0.2, -0.15) is 0 Å². The first-order valence-electron chi connectivity index (χ1n) is 9.91. The molecule has 2 aromatic carbocycles. The van der Waals surface area contributed by atoms with E-state index in [1.807, 2.05) is 30.3 Å². The molecule has 0 saturated carbocycles. The Morgan fingerprint density at radius 2 is 2.00 bits per heavy atom. The van der Waals surface area contributed by atoms with Gasteiger partial charge in [0.25, 0.3) is 6.17 Å². The molecule has 9 heteroatoms. The number of hydrogen-bond acceptors (Lipinski definition) is 6. The maximum Gasteiger partial charge on any atom is 0.325 e. The molecule has 32 heavy (non-hydrogen) atoms. The van der Waals surface area contributed by atoms with E-state index in [-0.39, 0.29) is 11.5 Å². The Labute approximate surface area is 189 Å². The number of hydrogen-bond donors (Lipinski definition) is 1. The number of fused-ring (bicyclic) bond motifs is 3. The molecule has 4 rings (SSSR count). The molecule has 1 aromatic heterocycles. The van der Waals surface area contributed by atoms with E-state index in [2.05, 4.69) is 11.6 Å². The maximum atomic E-state index is 13.2. The van der Waals surface area contributed by atoms with Crippen LogP contribution in [0.4, 0.5) is 5.69 Å². The van der Waals surface area contributed by atoms with Crippen molar-refractivity contribution in [1.29, 1.82) is 0 Å². The number of amides is 1. The van der Waals surface area contributed by atoms with Gasteiger partial charge in [-0.1, -0.05) is 30.0 Å². The number of anilines is 1. The molecule has 1 N–H and O–H groups in total. The summed E-state index contributed by atoms with van der Waals surface area (Å²) >= 11 is 1.36. The van der Waals surface area contributed by atoms with Gasteiger partial charge in [-0.3, -0.25) is 14.6 Å². The van der Waals surface area contributed by atoms with Crippen molar-refractivity contribution in [2.75, 3.05) is 24.9 Å². The number of thioether (sulfide) groups is 1. The quantitative estimate of drug-likeness (QED) is 0.352. The Bertz CT molecular complexity index is 1260. The van der Waals surface area contributed by atoms with E-state index < -0.39 is 6.17 Å². The molecule has 0 fully saturated rings. The fourth-order valence-corrected chi connectivity index (χ4v) is 4.42. The summed E-state index contributed by atoms with van der Waals surface area (Å²) in [6, 6.07) is 12.7. The van der Waals surface area contributed by atoms with Crippen LogP contribution in [-0.2, 0) is 4.79 Å². The van der Waals surface area contributed by atoms with Crippen LogP contribution >= 0.6 is 11.8 Å². The fourth-order valence-electron chi connectivity index (χ4n) is 3.83. The van der Waals surface area contributed by atoms with Crippen molar-refractivity contribution in [3.8, 4) is 22.8 Å². The summed E-state index contributed by atoms with van der Waals surface area (Å²) < 4.78 is 12.5. The van der Waals surface area contributed by atoms with Crippen molar-refractivity contribution in [1.82, 2.24) is 10.1 Å². The summed E-state index contributed by atoms with van der Waals surface area (Å²) in [5.74, 6) is 1.47. The number of methoxy groups -OCH3 is 2. The number of aromatic nitrogens is 3. The van der Waals surface area contributed by atoms with Crippen LogP contribution in [0.5, 0.6) is 11.5 Å². The fraction of sp³-hybridized carbons (Fsp3) is 0.217. The molecule has 1 amide bonds. The number of carbonyl (C=O) groups excluding carboxylic acids is 1. The van der Waals surface area contributed by atoms with Crippen molar-refractivity contribution in [3.63, 3.8) is 0 Å². The van der Waals surface area contributed by atoms with Gasteiger partial charge >= 0.3 is 11.3 Å². The smallest absolute Gasteiger partial charge is 0.325 e. The normalized spacial score (nSPS) is 14.3. The minimum atomic E-state index is -0.692. The number of rotatable bonds is 6. The van der Waals surface area contributed by atoms with Crippen LogP contribution in [-0.4, -0.2) is 36.0 Å². The van der Waals surface area contributed by atoms with Crippen molar-refractivity contribution in [3.05, 3.63) is 71.0 Å². The van der Waals surface area contributed by atoms with Crippen LogP contribution < -0.4 is 24.6 Å². The zero-order valence-corrected chi connectivity index (χ0v) is 18.8. The standard InChI is InChI=1S/C23H22N4O4S/c1-5-12-32-23-24-21(29)20-16-8-6-7-9-17(16)26(14(2)28)22(27(20)25-23)15-10-11-18(30-3)19(13-15)31-4/h5-11,13,22H,1,12H2,2-4H3/p+1/t22-/m0/s1. The number of nitrogens with one attached hydrogen (secondary N) is 1. The number of benzene rings is 2. The molecule has 1 atom stereocenters. The third kappa shape index (κ3) is 3.64. The molecule has 0 radical (unpaired) electrons. The van der Waals surface area contributed by atoms with Gasteiger partial charge in [0, 0.05) is 23.3 Å². The van der Waals surface area contributed by atoms with E-state index >= 15 is 0 Å². The molecular formula is C23H23N4O4S+. The first-order chi connectivity index (χ1) is 15.5. The van der Waals surface area contributed by atoms with Crippen LogP contribution in [0.25, 0.3) is 11.3 Å². The lowest BCUT2D eigenvalue weighted by Crippen LogP contribution is -2.60. The van der Waals surface area contributed by atoms with E-state index in [0.29, 0.717) is 39.4 Å². The first kappa shape index (κ1) is 21.6. The molecule has 164 valence electrons. The van der Waals surface area contributed by atoms with Gasteiger partial charge in [0.05, 0.1) is 25.5 Å². The number of aromatic amines is 1.